The molecule has 0 saturated carbocycles. The van der Waals surface area contributed by atoms with Gasteiger partial charge in [-0.15, -0.1) is 0 Å². The van der Waals surface area contributed by atoms with Crippen molar-refractivity contribution in [2.24, 2.45) is 0 Å². The van der Waals surface area contributed by atoms with Gasteiger partial charge >= 0.3 is 0 Å². The Bertz CT molecular complexity index is 381. The van der Waals surface area contributed by atoms with Crippen LogP contribution in [-0.4, -0.2) is 41.2 Å². The third-order valence-electron chi connectivity index (χ3n) is 3.38. The fourth-order valence-corrected chi connectivity index (χ4v) is 2.37. The molecule has 0 aromatic carbocycles. The molecule has 0 aliphatic carbocycles. The van der Waals surface area contributed by atoms with Gasteiger partial charge in [-0.25, -0.2) is 0 Å². The third kappa shape index (κ3) is 3.17. The molecule has 4 nitrogen and oxygen atoms in total. The molecule has 4 heteroatoms. The maximum atomic E-state index is 9.78. The lowest BCUT2D eigenvalue weighted by Gasteiger charge is -2.32. The van der Waals surface area contributed by atoms with Crippen LogP contribution < -0.4 is 5.32 Å². The smallest absolute Gasteiger partial charge is 0.138 e. The lowest BCUT2D eigenvalue weighted by molar-refractivity contribution is 0.184. The van der Waals surface area contributed by atoms with Gasteiger partial charge < -0.3 is 10.4 Å². The van der Waals surface area contributed by atoms with Gasteiger partial charge in [-0.2, -0.15) is 0 Å². The summed E-state index contributed by atoms with van der Waals surface area (Å²) >= 11 is 0. The van der Waals surface area contributed by atoms with Crippen molar-refractivity contribution in [3.63, 3.8) is 0 Å². The predicted molar refractivity (Wildman–Crippen MR) is 68.0 cm³/mol. The van der Waals surface area contributed by atoms with E-state index in [0.29, 0.717) is 11.8 Å². The van der Waals surface area contributed by atoms with E-state index in [1.165, 1.54) is 12.8 Å². The Morgan fingerprint density at radius 3 is 3.12 bits per heavy atom. The van der Waals surface area contributed by atoms with Crippen molar-refractivity contribution in [2.75, 3.05) is 20.1 Å². The number of hydrogen-bond acceptors (Lipinski definition) is 4. The minimum Gasteiger partial charge on any atom is -0.506 e. The van der Waals surface area contributed by atoms with Crippen molar-refractivity contribution in [3.05, 3.63) is 23.5 Å². The number of nitrogens with one attached hydrogen (secondary N) is 1. The Morgan fingerprint density at radius 1 is 1.53 bits per heavy atom. The standard InChI is InChI=1S/C13H21N3O/c1-10-5-6-13(17)12(15-10)9-16-7-3-4-11(8-16)14-2/h5-6,11,14,17H,3-4,7-9H2,1-2H3. The molecule has 1 unspecified atom stereocenters. The molecule has 0 spiro atoms. The van der Waals surface area contributed by atoms with E-state index in [1.54, 1.807) is 6.07 Å². The van der Waals surface area contributed by atoms with Crippen LogP contribution in [-0.2, 0) is 6.54 Å². The number of likely N-dealkylation sites (tertiary alicyclic amines) is 1. The largest absolute Gasteiger partial charge is 0.506 e. The van der Waals surface area contributed by atoms with Gasteiger partial charge in [0, 0.05) is 24.8 Å². The van der Waals surface area contributed by atoms with Crippen molar-refractivity contribution in [3.8, 4) is 5.75 Å². The minimum absolute atomic E-state index is 0.308. The zero-order valence-electron chi connectivity index (χ0n) is 10.6. The van der Waals surface area contributed by atoms with Crippen LogP contribution in [0.3, 0.4) is 0 Å². The summed E-state index contributed by atoms with van der Waals surface area (Å²) < 4.78 is 0. The van der Waals surface area contributed by atoms with Gasteiger partial charge in [0.25, 0.3) is 0 Å². The highest BCUT2D eigenvalue weighted by atomic mass is 16.3. The first kappa shape index (κ1) is 12.3. The maximum Gasteiger partial charge on any atom is 0.138 e. The Morgan fingerprint density at radius 2 is 2.35 bits per heavy atom. The molecule has 0 amide bonds. The Labute approximate surface area is 103 Å². The van der Waals surface area contributed by atoms with Crippen LogP contribution in [0.2, 0.25) is 0 Å². The van der Waals surface area contributed by atoms with E-state index >= 15 is 0 Å². The summed E-state index contributed by atoms with van der Waals surface area (Å²) in [6.07, 6.45) is 2.44. The molecule has 1 fully saturated rings. The molecule has 1 saturated heterocycles. The molecule has 94 valence electrons. The molecule has 2 rings (SSSR count). The molecule has 2 heterocycles. The molecule has 0 radical (unpaired) electrons. The molecule has 1 atom stereocenters. The second kappa shape index (κ2) is 5.47. The number of hydrogen-bond donors (Lipinski definition) is 2. The van der Waals surface area contributed by atoms with Gasteiger partial charge in [-0.05, 0) is 45.5 Å². The highest BCUT2D eigenvalue weighted by molar-refractivity contribution is 5.27. The van der Waals surface area contributed by atoms with E-state index in [-0.39, 0.29) is 0 Å². The van der Waals surface area contributed by atoms with E-state index < -0.39 is 0 Å². The van der Waals surface area contributed by atoms with E-state index in [4.69, 9.17) is 0 Å². The quantitative estimate of drug-likeness (QED) is 0.828. The normalized spacial score (nSPS) is 21.6. The van der Waals surface area contributed by atoms with Crippen LogP contribution in [0.4, 0.5) is 0 Å². The van der Waals surface area contributed by atoms with Crippen LogP contribution >= 0.6 is 0 Å². The fourth-order valence-electron chi connectivity index (χ4n) is 2.37. The van der Waals surface area contributed by atoms with Crippen molar-refractivity contribution >= 4 is 0 Å². The Balaban J connectivity index is 2.02. The van der Waals surface area contributed by atoms with Crippen molar-refractivity contribution in [1.82, 2.24) is 15.2 Å². The molecular formula is C13H21N3O. The molecule has 2 N–H and O–H groups in total. The molecular weight excluding hydrogens is 214 g/mol. The topological polar surface area (TPSA) is 48.4 Å². The predicted octanol–water partition coefficient (Wildman–Crippen LogP) is 1.28. The highest BCUT2D eigenvalue weighted by Crippen LogP contribution is 2.19. The number of rotatable bonds is 3. The lowest BCUT2D eigenvalue weighted by Crippen LogP contribution is -2.44. The van der Waals surface area contributed by atoms with Gasteiger partial charge in [0.15, 0.2) is 0 Å². The summed E-state index contributed by atoms with van der Waals surface area (Å²) in [4.78, 5) is 6.76. The van der Waals surface area contributed by atoms with E-state index in [1.807, 2.05) is 20.0 Å². The minimum atomic E-state index is 0.308. The van der Waals surface area contributed by atoms with Gasteiger partial charge in [0.1, 0.15) is 5.75 Å². The van der Waals surface area contributed by atoms with Gasteiger partial charge in [-0.1, -0.05) is 0 Å². The Kier molecular flexibility index (Phi) is 3.97. The van der Waals surface area contributed by atoms with Crippen molar-refractivity contribution in [2.45, 2.75) is 32.4 Å². The number of nitrogens with zero attached hydrogens (tertiary/aromatic N) is 2. The van der Waals surface area contributed by atoms with Gasteiger partial charge in [0.05, 0.1) is 5.69 Å². The van der Waals surface area contributed by atoms with Crippen LogP contribution in [0, 0.1) is 6.92 Å². The van der Waals surface area contributed by atoms with E-state index in [2.05, 4.69) is 15.2 Å². The van der Waals surface area contributed by atoms with Crippen LogP contribution in [0.1, 0.15) is 24.2 Å². The first-order valence-electron chi connectivity index (χ1n) is 6.24. The number of pyridine rings is 1. The number of aromatic nitrogens is 1. The average molecular weight is 235 g/mol. The molecule has 1 aromatic heterocycles. The summed E-state index contributed by atoms with van der Waals surface area (Å²) in [5.74, 6) is 0.308. The van der Waals surface area contributed by atoms with E-state index in [0.717, 1.165) is 31.0 Å². The first-order valence-corrected chi connectivity index (χ1v) is 6.24. The average Bonchev–Trinajstić information content (AvgIpc) is 2.34. The summed E-state index contributed by atoms with van der Waals surface area (Å²) in [6.45, 7) is 4.82. The SMILES string of the molecule is CNC1CCCN(Cc2nc(C)ccc2O)C1. The summed E-state index contributed by atoms with van der Waals surface area (Å²) in [5.41, 5.74) is 1.75. The van der Waals surface area contributed by atoms with Crippen LogP contribution in [0.25, 0.3) is 0 Å². The fraction of sp³-hybridized carbons (Fsp3) is 0.615. The zero-order chi connectivity index (χ0) is 12.3. The van der Waals surface area contributed by atoms with Crippen molar-refractivity contribution in [1.29, 1.82) is 0 Å². The number of piperidine rings is 1. The number of aromatic hydroxyl groups is 1. The molecule has 17 heavy (non-hydrogen) atoms. The zero-order valence-corrected chi connectivity index (χ0v) is 10.6. The second-order valence-corrected chi connectivity index (χ2v) is 4.78. The Hall–Kier alpha value is -1.13. The lowest BCUT2D eigenvalue weighted by atomic mass is 10.1. The van der Waals surface area contributed by atoms with Gasteiger partial charge in [0.2, 0.25) is 0 Å². The summed E-state index contributed by atoms with van der Waals surface area (Å²) in [7, 11) is 2.01. The maximum absolute atomic E-state index is 9.78. The van der Waals surface area contributed by atoms with E-state index in [9.17, 15) is 5.11 Å². The monoisotopic (exact) mass is 235 g/mol. The molecule has 0 bridgehead atoms. The van der Waals surface area contributed by atoms with Crippen molar-refractivity contribution < 1.29 is 5.11 Å². The summed E-state index contributed by atoms with van der Waals surface area (Å²) in [6, 6.07) is 4.14. The molecule has 1 aromatic rings. The third-order valence-corrected chi connectivity index (χ3v) is 3.38. The van der Waals surface area contributed by atoms with Gasteiger partial charge in [-0.3, -0.25) is 9.88 Å². The summed E-state index contributed by atoms with van der Waals surface area (Å²) in [5, 5.41) is 13.1. The van der Waals surface area contributed by atoms with Crippen LogP contribution in [0.15, 0.2) is 12.1 Å². The molecule has 1 aliphatic heterocycles. The molecule has 1 aliphatic rings. The number of likely N-dealkylation sites (N-methyl/N-ethyl adjacent to an activating group) is 1. The first-order chi connectivity index (χ1) is 8.19. The number of aryl methyl sites for hydroxylation is 1. The second-order valence-electron chi connectivity index (χ2n) is 4.78. The van der Waals surface area contributed by atoms with Crippen LogP contribution in [0.5, 0.6) is 5.75 Å². The highest BCUT2D eigenvalue weighted by Gasteiger charge is 2.19.